The van der Waals surface area contributed by atoms with E-state index >= 15 is 0 Å². The van der Waals surface area contributed by atoms with Gasteiger partial charge in [0.1, 0.15) is 29.5 Å². The van der Waals surface area contributed by atoms with Crippen LogP contribution in [0.3, 0.4) is 0 Å². The molecule has 1 N–H and O–H groups in total. The van der Waals surface area contributed by atoms with Crippen molar-refractivity contribution in [1.29, 1.82) is 0 Å². The summed E-state index contributed by atoms with van der Waals surface area (Å²) < 4.78 is 20.7. The normalized spacial score (nSPS) is 19.7. The van der Waals surface area contributed by atoms with Crippen LogP contribution in [0.1, 0.15) is 29.8 Å². The van der Waals surface area contributed by atoms with Gasteiger partial charge in [0.15, 0.2) is 0 Å². The van der Waals surface area contributed by atoms with Crippen LogP contribution in [0.4, 0.5) is 4.39 Å². The quantitative estimate of drug-likeness (QED) is 0.807. The summed E-state index contributed by atoms with van der Waals surface area (Å²) in [5.74, 6) is -0.344. The number of amides is 1. The molecule has 1 atom stereocenters. The lowest BCUT2D eigenvalue weighted by Crippen LogP contribution is -2.43. The fourth-order valence-electron chi connectivity index (χ4n) is 3.37. The number of halogens is 1. The van der Waals surface area contributed by atoms with E-state index in [2.05, 4.69) is 0 Å². The maximum Gasteiger partial charge on any atom is 0.331 e. The Morgan fingerprint density at radius 2 is 1.83 bits per heavy atom. The number of nitrogens with zero attached hydrogens (tertiary/aromatic N) is 3. The highest BCUT2D eigenvalue weighted by molar-refractivity contribution is 5.92. The molecule has 2 aromatic rings. The average molecular weight is 405 g/mol. The van der Waals surface area contributed by atoms with Gasteiger partial charge in [-0.05, 0) is 43.5 Å². The Morgan fingerprint density at radius 3 is 2.52 bits per heavy atom. The zero-order valence-corrected chi connectivity index (χ0v) is 16.4. The Bertz CT molecular complexity index is 1010. The van der Waals surface area contributed by atoms with Gasteiger partial charge in [0, 0.05) is 33.3 Å². The number of benzene rings is 1. The van der Waals surface area contributed by atoms with Crippen molar-refractivity contribution >= 4 is 5.91 Å². The Hall–Kier alpha value is -2.94. The maximum atomic E-state index is 13.0. The first-order valence-electron chi connectivity index (χ1n) is 9.37. The third kappa shape index (κ3) is 4.56. The third-order valence-corrected chi connectivity index (χ3v) is 5.27. The molecule has 1 aliphatic rings. The van der Waals surface area contributed by atoms with Gasteiger partial charge in [0.25, 0.3) is 11.5 Å². The summed E-state index contributed by atoms with van der Waals surface area (Å²) in [5.41, 5.74) is -2.23. The summed E-state index contributed by atoms with van der Waals surface area (Å²) in [6.45, 7) is 0.664. The number of ether oxygens (including phenoxy) is 1. The lowest BCUT2D eigenvalue weighted by Gasteiger charge is -2.27. The van der Waals surface area contributed by atoms with Gasteiger partial charge < -0.3 is 14.7 Å². The van der Waals surface area contributed by atoms with Crippen LogP contribution in [0.2, 0.25) is 0 Å². The van der Waals surface area contributed by atoms with E-state index in [1.165, 1.54) is 43.3 Å². The molecule has 0 bridgehead atoms. The summed E-state index contributed by atoms with van der Waals surface area (Å²) >= 11 is 0. The Morgan fingerprint density at radius 1 is 1.14 bits per heavy atom. The Labute approximate surface area is 166 Å². The molecular formula is C20H24FN3O5. The summed E-state index contributed by atoms with van der Waals surface area (Å²) in [7, 11) is 2.80. The maximum absolute atomic E-state index is 13.0. The minimum absolute atomic E-state index is 0.0189. The van der Waals surface area contributed by atoms with Crippen molar-refractivity contribution in [2.45, 2.75) is 24.9 Å². The van der Waals surface area contributed by atoms with Crippen LogP contribution in [0.25, 0.3) is 0 Å². The zero-order valence-electron chi connectivity index (χ0n) is 16.4. The van der Waals surface area contributed by atoms with Gasteiger partial charge in [-0.3, -0.25) is 18.7 Å². The third-order valence-electron chi connectivity index (χ3n) is 5.27. The molecule has 8 nitrogen and oxygen atoms in total. The molecule has 1 aliphatic heterocycles. The van der Waals surface area contributed by atoms with Gasteiger partial charge in [-0.2, -0.15) is 0 Å². The first-order valence-corrected chi connectivity index (χ1v) is 9.37. The number of aromatic nitrogens is 2. The standard InChI is InChI=1S/C20H24FN3O5/c1-22-16(12-17(25)23(2)19(22)27)18(26)24-10-3-8-20(28,9-11-24)13-29-15-6-4-14(21)5-7-15/h4-7,12,28H,3,8-11,13H2,1-2H3/t20-/m1/s1. The molecule has 0 spiro atoms. The van der Waals surface area contributed by atoms with E-state index in [4.69, 9.17) is 4.74 Å². The second-order valence-electron chi connectivity index (χ2n) is 7.38. The first-order chi connectivity index (χ1) is 13.7. The number of likely N-dealkylation sites (tertiary alicyclic amines) is 1. The van der Waals surface area contributed by atoms with E-state index in [0.717, 1.165) is 15.2 Å². The lowest BCUT2D eigenvalue weighted by atomic mass is 9.96. The molecule has 156 valence electrons. The van der Waals surface area contributed by atoms with Crippen LogP contribution >= 0.6 is 0 Å². The number of rotatable bonds is 4. The van der Waals surface area contributed by atoms with Crippen LogP contribution in [-0.2, 0) is 14.1 Å². The van der Waals surface area contributed by atoms with Gasteiger partial charge in [0.05, 0.1) is 0 Å². The SMILES string of the molecule is Cn1c(C(=O)N2CCC[C@](O)(COc3ccc(F)cc3)CC2)cc(=O)n(C)c1=O. The van der Waals surface area contributed by atoms with Crippen molar-refractivity contribution in [2.24, 2.45) is 14.1 Å². The van der Waals surface area contributed by atoms with E-state index in [1.54, 1.807) is 0 Å². The van der Waals surface area contributed by atoms with Crippen LogP contribution < -0.4 is 16.0 Å². The van der Waals surface area contributed by atoms with Crippen molar-refractivity contribution in [1.82, 2.24) is 14.0 Å². The number of hydrogen-bond donors (Lipinski definition) is 1. The molecule has 1 aromatic carbocycles. The second-order valence-corrected chi connectivity index (χ2v) is 7.38. The number of aliphatic hydroxyl groups is 1. The fourth-order valence-corrected chi connectivity index (χ4v) is 3.37. The van der Waals surface area contributed by atoms with Gasteiger partial charge >= 0.3 is 5.69 Å². The van der Waals surface area contributed by atoms with Crippen LogP contribution in [0.5, 0.6) is 5.75 Å². The van der Waals surface area contributed by atoms with E-state index in [9.17, 15) is 23.9 Å². The summed E-state index contributed by atoms with van der Waals surface area (Å²) in [5, 5.41) is 10.9. The number of carbonyl (C=O) groups is 1. The number of hydrogen-bond acceptors (Lipinski definition) is 5. The predicted molar refractivity (Wildman–Crippen MR) is 104 cm³/mol. The van der Waals surface area contributed by atoms with E-state index in [1.807, 2.05) is 0 Å². The summed E-state index contributed by atoms with van der Waals surface area (Å²) in [6, 6.07) is 6.68. The molecule has 1 saturated heterocycles. The topological polar surface area (TPSA) is 93.8 Å². The summed E-state index contributed by atoms with van der Waals surface area (Å²) in [4.78, 5) is 38.4. The minimum Gasteiger partial charge on any atom is -0.491 e. The van der Waals surface area contributed by atoms with Crippen LogP contribution in [0.15, 0.2) is 39.9 Å². The molecule has 0 saturated carbocycles. The highest BCUT2D eigenvalue weighted by Gasteiger charge is 2.33. The van der Waals surface area contributed by atoms with Crippen LogP contribution in [0, 0.1) is 5.82 Å². The highest BCUT2D eigenvalue weighted by atomic mass is 19.1. The van der Waals surface area contributed by atoms with Crippen LogP contribution in [-0.4, -0.2) is 50.3 Å². The molecule has 1 amide bonds. The van der Waals surface area contributed by atoms with Crippen molar-refractivity contribution in [2.75, 3.05) is 19.7 Å². The molecule has 2 heterocycles. The largest absolute Gasteiger partial charge is 0.491 e. The first kappa shape index (κ1) is 20.8. The average Bonchev–Trinajstić information content (AvgIpc) is 2.90. The van der Waals surface area contributed by atoms with E-state index < -0.39 is 22.8 Å². The molecular weight excluding hydrogens is 381 g/mol. The molecule has 1 fully saturated rings. The molecule has 1 aromatic heterocycles. The van der Waals surface area contributed by atoms with Gasteiger partial charge in [0.2, 0.25) is 0 Å². The van der Waals surface area contributed by atoms with Gasteiger partial charge in [-0.15, -0.1) is 0 Å². The van der Waals surface area contributed by atoms with Crippen molar-refractivity contribution in [3.63, 3.8) is 0 Å². The molecule has 0 aliphatic carbocycles. The molecule has 3 rings (SSSR count). The monoisotopic (exact) mass is 405 g/mol. The zero-order chi connectivity index (χ0) is 21.2. The predicted octanol–water partition coefficient (Wildman–Crippen LogP) is 0.659. The van der Waals surface area contributed by atoms with Crippen molar-refractivity contribution < 1.29 is 19.0 Å². The number of carbonyl (C=O) groups excluding carboxylic acids is 1. The van der Waals surface area contributed by atoms with Crippen molar-refractivity contribution in [3.8, 4) is 5.75 Å². The molecule has 0 unspecified atom stereocenters. The smallest absolute Gasteiger partial charge is 0.331 e. The fraction of sp³-hybridized carbons (Fsp3) is 0.450. The Balaban J connectivity index is 1.69. The molecule has 29 heavy (non-hydrogen) atoms. The van der Waals surface area contributed by atoms with Gasteiger partial charge in [-0.25, -0.2) is 9.18 Å². The minimum atomic E-state index is -1.14. The van der Waals surface area contributed by atoms with Gasteiger partial charge in [-0.1, -0.05) is 0 Å². The van der Waals surface area contributed by atoms with Crippen molar-refractivity contribution in [3.05, 3.63) is 62.7 Å². The highest BCUT2D eigenvalue weighted by Crippen LogP contribution is 2.25. The Kier molecular flexibility index (Phi) is 5.88. The van der Waals surface area contributed by atoms with E-state index in [-0.39, 0.29) is 31.1 Å². The summed E-state index contributed by atoms with van der Waals surface area (Å²) in [6.07, 6.45) is 1.24. The second kappa shape index (κ2) is 8.20. The molecule has 9 heteroatoms. The lowest BCUT2D eigenvalue weighted by molar-refractivity contribution is -0.0163. The van der Waals surface area contributed by atoms with E-state index in [0.29, 0.717) is 25.1 Å². The molecule has 0 radical (unpaired) electrons.